The third kappa shape index (κ3) is 4.18. The lowest BCUT2D eigenvalue weighted by molar-refractivity contribution is -0.146. The molecule has 2 saturated heterocycles. The summed E-state index contributed by atoms with van der Waals surface area (Å²) in [5.74, 6) is 0.345. The quantitative estimate of drug-likeness (QED) is 0.772. The fraction of sp³-hybridized carbons (Fsp3) is 0.938. The summed E-state index contributed by atoms with van der Waals surface area (Å²) in [5.41, 5.74) is -0.175. The fourth-order valence-corrected chi connectivity index (χ4v) is 3.73. The number of rotatable bonds is 6. The van der Waals surface area contributed by atoms with E-state index < -0.39 is 0 Å². The van der Waals surface area contributed by atoms with Crippen LogP contribution in [0.5, 0.6) is 0 Å². The van der Waals surface area contributed by atoms with Crippen LogP contribution in [0, 0.1) is 5.41 Å². The van der Waals surface area contributed by atoms with Crippen LogP contribution in [0.25, 0.3) is 0 Å². The largest absolute Gasteiger partial charge is 0.394 e. The lowest BCUT2D eigenvalue weighted by atomic mass is 9.75. The van der Waals surface area contributed by atoms with Crippen molar-refractivity contribution < 1.29 is 14.6 Å². The number of piperidine rings is 2. The minimum Gasteiger partial charge on any atom is -0.394 e. The minimum atomic E-state index is -0.175. The molecule has 0 bridgehead atoms. The second-order valence-corrected chi connectivity index (χ2v) is 6.40. The average molecular weight is 298 g/mol. The molecule has 5 heteroatoms. The molecule has 0 aromatic heterocycles. The van der Waals surface area contributed by atoms with E-state index in [1.54, 1.807) is 0 Å². The molecule has 2 heterocycles. The van der Waals surface area contributed by atoms with Gasteiger partial charge in [0.25, 0.3) is 0 Å². The Kier molecular flexibility index (Phi) is 6.45. The Balaban J connectivity index is 1.90. The van der Waals surface area contributed by atoms with Crippen LogP contribution in [0.2, 0.25) is 0 Å². The lowest BCUT2D eigenvalue weighted by Crippen LogP contribution is -2.54. The number of hydrogen-bond acceptors (Lipinski definition) is 4. The van der Waals surface area contributed by atoms with Crippen molar-refractivity contribution >= 4 is 5.91 Å². The van der Waals surface area contributed by atoms with E-state index in [4.69, 9.17) is 9.84 Å². The molecule has 2 aliphatic heterocycles. The highest BCUT2D eigenvalue weighted by Crippen LogP contribution is 2.34. The molecule has 122 valence electrons. The van der Waals surface area contributed by atoms with Gasteiger partial charge in [-0.15, -0.1) is 0 Å². The van der Waals surface area contributed by atoms with Gasteiger partial charge >= 0.3 is 0 Å². The van der Waals surface area contributed by atoms with Gasteiger partial charge in [0.1, 0.15) is 0 Å². The number of aliphatic hydroxyl groups is 1. The van der Waals surface area contributed by atoms with Crippen molar-refractivity contribution in [2.45, 2.75) is 51.6 Å². The van der Waals surface area contributed by atoms with Crippen molar-refractivity contribution in [2.75, 3.05) is 39.4 Å². The monoisotopic (exact) mass is 298 g/mol. The summed E-state index contributed by atoms with van der Waals surface area (Å²) in [6.45, 7) is 6.10. The molecule has 1 atom stereocenters. The van der Waals surface area contributed by atoms with Crippen molar-refractivity contribution in [1.82, 2.24) is 10.2 Å². The Labute approximate surface area is 128 Å². The zero-order valence-electron chi connectivity index (χ0n) is 13.3. The molecular formula is C16H30N2O3. The van der Waals surface area contributed by atoms with Crippen LogP contribution < -0.4 is 5.32 Å². The molecule has 0 radical (unpaired) electrons. The van der Waals surface area contributed by atoms with E-state index in [0.717, 1.165) is 64.7 Å². The first-order valence-corrected chi connectivity index (χ1v) is 8.44. The lowest BCUT2D eigenvalue weighted by Gasteiger charge is -2.42. The van der Waals surface area contributed by atoms with Gasteiger partial charge in [-0.2, -0.15) is 0 Å². The van der Waals surface area contributed by atoms with Crippen LogP contribution in [0.15, 0.2) is 0 Å². The Morgan fingerprint density at radius 1 is 1.43 bits per heavy atom. The zero-order chi connectivity index (χ0) is 15.1. The summed E-state index contributed by atoms with van der Waals surface area (Å²) < 4.78 is 5.58. The number of hydrogen-bond donors (Lipinski definition) is 2. The summed E-state index contributed by atoms with van der Waals surface area (Å²) >= 11 is 0. The summed E-state index contributed by atoms with van der Waals surface area (Å²) in [7, 11) is 0. The Morgan fingerprint density at radius 2 is 2.19 bits per heavy atom. The second-order valence-electron chi connectivity index (χ2n) is 6.40. The van der Waals surface area contributed by atoms with Crippen LogP contribution >= 0.6 is 0 Å². The fourth-order valence-electron chi connectivity index (χ4n) is 3.73. The Hall–Kier alpha value is -0.650. The number of aliphatic hydroxyl groups excluding tert-OH is 1. The molecule has 0 aliphatic carbocycles. The van der Waals surface area contributed by atoms with Gasteiger partial charge in [-0.1, -0.05) is 13.3 Å². The maximum absolute atomic E-state index is 13.0. The van der Waals surface area contributed by atoms with E-state index in [1.807, 2.05) is 4.90 Å². The van der Waals surface area contributed by atoms with Crippen LogP contribution in [-0.2, 0) is 9.53 Å². The number of ether oxygens (including phenoxy) is 1. The summed E-state index contributed by atoms with van der Waals surface area (Å²) in [6, 6.07) is 0. The normalized spacial score (nSPS) is 27.8. The maximum atomic E-state index is 13.0. The van der Waals surface area contributed by atoms with Gasteiger partial charge in [-0.25, -0.2) is 0 Å². The van der Waals surface area contributed by atoms with Gasteiger partial charge in [0.2, 0.25) is 5.91 Å². The predicted molar refractivity (Wildman–Crippen MR) is 82.1 cm³/mol. The molecule has 0 aromatic carbocycles. The summed E-state index contributed by atoms with van der Waals surface area (Å²) in [5, 5.41) is 12.2. The van der Waals surface area contributed by atoms with Crippen molar-refractivity contribution in [1.29, 1.82) is 0 Å². The van der Waals surface area contributed by atoms with Crippen molar-refractivity contribution in [3.05, 3.63) is 0 Å². The van der Waals surface area contributed by atoms with Crippen molar-refractivity contribution in [3.8, 4) is 0 Å². The number of nitrogens with one attached hydrogen (secondary N) is 1. The van der Waals surface area contributed by atoms with Gasteiger partial charge in [0.05, 0.1) is 24.7 Å². The van der Waals surface area contributed by atoms with E-state index in [1.165, 1.54) is 0 Å². The standard InChI is InChI=1S/C16H30N2O3/c1-2-6-16(7-3-8-17-13-16)15(20)18-9-4-14(5-10-18)21-12-11-19/h14,17,19H,2-13H2,1H3. The van der Waals surface area contributed by atoms with Gasteiger partial charge in [0, 0.05) is 19.6 Å². The van der Waals surface area contributed by atoms with Gasteiger partial charge in [0.15, 0.2) is 0 Å². The SMILES string of the molecule is CCCC1(C(=O)N2CCC(OCCO)CC2)CCCNC1. The van der Waals surface area contributed by atoms with E-state index in [2.05, 4.69) is 12.2 Å². The zero-order valence-corrected chi connectivity index (χ0v) is 13.3. The second kappa shape index (κ2) is 8.11. The molecule has 2 fully saturated rings. The van der Waals surface area contributed by atoms with Gasteiger partial charge in [-0.3, -0.25) is 4.79 Å². The van der Waals surface area contributed by atoms with E-state index >= 15 is 0 Å². The number of carbonyl (C=O) groups is 1. The first-order valence-electron chi connectivity index (χ1n) is 8.44. The van der Waals surface area contributed by atoms with Gasteiger partial charge < -0.3 is 20.1 Å². The van der Waals surface area contributed by atoms with Crippen molar-refractivity contribution in [3.63, 3.8) is 0 Å². The molecule has 1 unspecified atom stereocenters. The number of likely N-dealkylation sites (tertiary alicyclic amines) is 1. The van der Waals surface area contributed by atoms with Crippen LogP contribution in [0.4, 0.5) is 0 Å². The molecule has 2 rings (SSSR count). The van der Waals surface area contributed by atoms with Crippen LogP contribution in [0.3, 0.4) is 0 Å². The van der Waals surface area contributed by atoms with Crippen LogP contribution in [0.1, 0.15) is 45.4 Å². The Morgan fingerprint density at radius 3 is 2.76 bits per heavy atom. The van der Waals surface area contributed by atoms with E-state index in [-0.39, 0.29) is 18.1 Å². The van der Waals surface area contributed by atoms with Crippen LogP contribution in [-0.4, -0.2) is 61.4 Å². The molecule has 0 aromatic rings. The Bertz CT molecular complexity index is 316. The minimum absolute atomic E-state index is 0.0738. The molecule has 2 aliphatic rings. The highest BCUT2D eigenvalue weighted by atomic mass is 16.5. The summed E-state index contributed by atoms with van der Waals surface area (Å²) in [4.78, 5) is 15.0. The topological polar surface area (TPSA) is 61.8 Å². The maximum Gasteiger partial charge on any atom is 0.230 e. The van der Waals surface area contributed by atoms with Crippen molar-refractivity contribution in [2.24, 2.45) is 5.41 Å². The van der Waals surface area contributed by atoms with Gasteiger partial charge in [-0.05, 0) is 38.6 Å². The first kappa shape index (κ1) is 16.7. The predicted octanol–water partition coefficient (Wildman–Crippen LogP) is 1.16. The first-order chi connectivity index (χ1) is 10.2. The van der Waals surface area contributed by atoms with E-state index in [0.29, 0.717) is 12.5 Å². The number of amides is 1. The molecular weight excluding hydrogens is 268 g/mol. The van der Waals surface area contributed by atoms with E-state index in [9.17, 15) is 4.79 Å². The summed E-state index contributed by atoms with van der Waals surface area (Å²) in [6.07, 6.45) is 6.15. The molecule has 0 saturated carbocycles. The smallest absolute Gasteiger partial charge is 0.230 e. The highest BCUT2D eigenvalue weighted by molar-refractivity contribution is 5.83. The molecule has 21 heavy (non-hydrogen) atoms. The molecule has 1 amide bonds. The number of carbonyl (C=O) groups excluding carboxylic acids is 1. The average Bonchev–Trinajstić information content (AvgIpc) is 2.54. The third-order valence-corrected chi connectivity index (χ3v) is 4.83. The third-order valence-electron chi connectivity index (χ3n) is 4.83. The molecule has 0 spiro atoms. The highest BCUT2D eigenvalue weighted by Gasteiger charge is 2.42. The molecule has 5 nitrogen and oxygen atoms in total. The number of nitrogens with zero attached hydrogens (tertiary/aromatic N) is 1. The molecule has 2 N–H and O–H groups in total.